The smallest absolute Gasteiger partial charge is 0.497 e. The largest absolute Gasteiger partial charge is 0.534 e. The first-order valence-corrected chi connectivity index (χ1v) is 11.1. The van der Waals surface area contributed by atoms with E-state index in [2.05, 4.69) is 5.32 Å². The second kappa shape index (κ2) is 9.97. The minimum atomic E-state index is -1.47. The number of benzene rings is 2. The van der Waals surface area contributed by atoms with E-state index in [1.165, 1.54) is 0 Å². The molecule has 0 aliphatic carbocycles. The van der Waals surface area contributed by atoms with Crippen LogP contribution in [0.3, 0.4) is 0 Å². The third-order valence-corrected chi connectivity index (χ3v) is 4.67. The summed E-state index contributed by atoms with van der Waals surface area (Å²) in [5.74, 6) is 0.678. The Morgan fingerprint density at radius 2 is 1.66 bits per heavy atom. The average Bonchev–Trinajstić information content (AvgIpc) is 2.74. The van der Waals surface area contributed by atoms with Crippen LogP contribution in [0.15, 0.2) is 53.3 Å². The van der Waals surface area contributed by atoms with Crippen molar-refractivity contribution < 1.29 is 28.9 Å². The maximum atomic E-state index is 13.3. The van der Waals surface area contributed by atoms with E-state index in [9.17, 15) is 14.7 Å². The number of fused-ring (bicyclic) bond motifs is 1. The fourth-order valence-electron chi connectivity index (χ4n) is 3.29. The van der Waals surface area contributed by atoms with Gasteiger partial charge in [-0.2, -0.15) is 0 Å². The number of hydrogen-bond acceptors (Lipinski definition) is 8. The van der Waals surface area contributed by atoms with Gasteiger partial charge in [0.1, 0.15) is 17.0 Å². The Balaban J connectivity index is 2.12. The Bertz CT molecular complexity index is 1270. The molecule has 3 aromatic rings. The molecule has 0 fully saturated rings. The highest BCUT2D eigenvalue weighted by Crippen LogP contribution is 2.28. The van der Waals surface area contributed by atoms with Crippen molar-refractivity contribution in [3.63, 3.8) is 0 Å². The van der Waals surface area contributed by atoms with Crippen molar-refractivity contribution in [3.8, 4) is 16.9 Å². The zero-order valence-corrected chi connectivity index (χ0v) is 21.0. The third-order valence-electron chi connectivity index (χ3n) is 4.67. The van der Waals surface area contributed by atoms with Crippen LogP contribution >= 0.6 is 0 Å². The van der Waals surface area contributed by atoms with Crippen molar-refractivity contribution in [3.05, 3.63) is 58.9 Å². The number of rotatable bonds is 6. The molecule has 2 N–H and O–H groups in total. The summed E-state index contributed by atoms with van der Waals surface area (Å²) >= 11 is 0. The Hall–Kier alpha value is -3.56. The van der Waals surface area contributed by atoms with E-state index < -0.39 is 29.3 Å². The quantitative estimate of drug-likeness (QED) is 0.388. The van der Waals surface area contributed by atoms with E-state index >= 15 is 0 Å². The van der Waals surface area contributed by atoms with Crippen LogP contribution in [0, 0.1) is 0 Å². The van der Waals surface area contributed by atoms with E-state index in [4.69, 9.17) is 19.0 Å². The lowest BCUT2D eigenvalue weighted by molar-refractivity contribution is -0.148. The molecule has 1 unspecified atom stereocenters. The van der Waals surface area contributed by atoms with Gasteiger partial charge in [0.05, 0.1) is 18.2 Å². The molecule has 1 heterocycles. The van der Waals surface area contributed by atoms with Crippen LogP contribution in [0.4, 0.5) is 10.5 Å². The number of anilines is 1. The number of hydrogen-bond donors (Lipinski definition) is 2. The third kappa shape index (κ3) is 6.97. The summed E-state index contributed by atoms with van der Waals surface area (Å²) in [4.78, 5) is 31.1. The standard InChI is InChI=1S/C26H32N2O7/c1-25(2,3)33-23(30)27-20-14-18-12-11-17(16-9-8-10-19(13-16)32-7)15-21(18)28(22(20)29)35-24(31)34-26(4,5)6/h8-15,23,27,30H,1-7H3. The Labute approximate surface area is 204 Å². The van der Waals surface area contributed by atoms with E-state index in [1.54, 1.807) is 66.9 Å². The van der Waals surface area contributed by atoms with Gasteiger partial charge in [-0.25, -0.2) is 4.79 Å². The molecule has 0 amide bonds. The topological polar surface area (TPSA) is 108 Å². The molecule has 0 saturated carbocycles. The molecule has 0 spiro atoms. The van der Waals surface area contributed by atoms with E-state index in [-0.39, 0.29) is 5.69 Å². The zero-order valence-electron chi connectivity index (χ0n) is 21.0. The maximum absolute atomic E-state index is 13.3. The highest BCUT2D eigenvalue weighted by atomic mass is 16.8. The number of ether oxygens (including phenoxy) is 3. The molecule has 1 atom stereocenters. The number of carbonyl (C=O) groups excluding carboxylic acids is 1. The van der Waals surface area contributed by atoms with Gasteiger partial charge in [-0.15, -0.1) is 4.73 Å². The summed E-state index contributed by atoms with van der Waals surface area (Å²) in [7, 11) is 1.58. The van der Waals surface area contributed by atoms with Crippen LogP contribution in [0.25, 0.3) is 22.0 Å². The maximum Gasteiger partial charge on any atom is 0.534 e. The minimum absolute atomic E-state index is 0.0214. The van der Waals surface area contributed by atoms with Crippen LogP contribution in [0.1, 0.15) is 41.5 Å². The number of pyridine rings is 1. The minimum Gasteiger partial charge on any atom is -0.497 e. The second-order valence-electron chi connectivity index (χ2n) is 9.95. The summed E-state index contributed by atoms with van der Waals surface area (Å²) in [5.41, 5.74) is -0.268. The van der Waals surface area contributed by atoms with Gasteiger partial charge in [-0.1, -0.05) is 24.3 Å². The Morgan fingerprint density at radius 3 is 2.29 bits per heavy atom. The molecule has 188 valence electrons. The number of nitrogens with zero attached hydrogens (tertiary/aromatic N) is 1. The Kier molecular flexibility index (Phi) is 7.42. The fraction of sp³-hybridized carbons (Fsp3) is 0.385. The fourth-order valence-corrected chi connectivity index (χ4v) is 3.29. The van der Waals surface area contributed by atoms with Crippen LogP contribution < -0.4 is 20.5 Å². The molecule has 0 aliphatic rings. The zero-order chi connectivity index (χ0) is 26.0. The van der Waals surface area contributed by atoms with Gasteiger partial charge < -0.3 is 24.6 Å². The number of aliphatic hydroxyl groups is 1. The Morgan fingerprint density at radius 1 is 0.971 bits per heavy atom. The number of aliphatic hydroxyl groups excluding tert-OH is 1. The number of nitrogens with one attached hydrogen (secondary N) is 1. The molecule has 0 bridgehead atoms. The van der Waals surface area contributed by atoms with E-state index in [0.29, 0.717) is 16.7 Å². The van der Waals surface area contributed by atoms with Crippen LogP contribution in [0.5, 0.6) is 5.75 Å². The van der Waals surface area contributed by atoms with Crippen molar-refractivity contribution >= 4 is 22.7 Å². The van der Waals surface area contributed by atoms with Gasteiger partial charge in [-0.05, 0) is 76.9 Å². The van der Waals surface area contributed by atoms with Crippen LogP contribution in [0.2, 0.25) is 0 Å². The molecule has 3 rings (SSSR count). The molecule has 1 aromatic heterocycles. The predicted octanol–water partition coefficient (Wildman–Crippen LogP) is 4.54. The summed E-state index contributed by atoms with van der Waals surface area (Å²) in [5, 5.41) is 13.5. The van der Waals surface area contributed by atoms with Crippen LogP contribution in [-0.2, 0) is 9.47 Å². The summed E-state index contributed by atoms with van der Waals surface area (Å²) < 4.78 is 16.8. The average molecular weight is 485 g/mol. The number of carbonyl (C=O) groups is 1. The van der Waals surface area contributed by atoms with Crippen molar-refractivity contribution in [2.24, 2.45) is 0 Å². The van der Waals surface area contributed by atoms with Crippen molar-refractivity contribution in [2.45, 2.75) is 59.2 Å². The first kappa shape index (κ1) is 26.1. The highest BCUT2D eigenvalue weighted by molar-refractivity contribution is 5.87. The van der Waals surface area contributed by atoms with Crippen molar-refractivity contribution in [1.82, 2.24) is 4.73 Å². The van der Waals surface area contributed by atoms with Gasteiger partial charge in [0.2, 0.25) is 6.41 Å². The highest BCUT2D eigenvalue weighted by Gasteiger charge is 2.23. The molecule has 9 heteroatoms. The lowest BCUT2D eigenvalue weighted by Crippen LogP contribution is -2.38. The molecule has 9 nitrogen and oxygen atoms in total. The van der Waals surface area contributed by atoms with Crippen molar-refractivity contribution in [2.75, 3.05) is 12.4 Å². The van der Waals surface area contributed by atoms with Gasteiger partial charge in [0, 0.05) is 5.39 Å². The second-order valence-corrected chi connectivity index (χ2v) is 9.95. The van der Waals surface area contributed by atoms with Gasteiger partial charge in [0.15, 0.2) is 0 Å². The summed E-state index contributed by atoms with van der Waals surface area (Å²) in [6, 6.07) is 14.4. The molecule has 0 radical (unpaired) electrons. The van der Waals surface area contributed by atoms with Gasteiger partial charge in [0.25, 0.3) is 0 Å². The van der Waals surface area contributed by atoms with E-state index in [0.717, 1.165) is 15.9 Å². The van der Waals surface area contributed by atoms with Gasteiger partial charge in [-0.3, -0.25) is 9.63 Å². The first-order chi connectivity index (χ1) is 16.3. The monoisotopic (exact) mass is 484 g/mol. The predicted molar refractivity (Wildman–Crippen MR) is 133 cm³/mol. The molecule has 2 aromatic carbocycles. The molecular formula is C26H32N2O7. The summed E-state index contributed by atoms with van der Waals surface area (Å²) in [6.07, 6.45) is -2.51. The van der Waals surface area contributed by atoms with Crippen LogP contribution in [-0.4, -0.2) is 40.7 Å². The van der Waals surface area contributed by atoms with Gasteiger partial charge >= 0.3 is 11.7 Å². The molecular weight excluding hydrogens is 452 g/mol. The lowest BCUT2D eigenvalue weighted by Gasteiger charge is -2.25. The molecule has 0 aliphatic heterocycles. The lowest BCUT2D eigenvalue weighted by atomic mass is 10.0. The SMILES string of the molecule is COc1cccc(-c2ccc3cc(NC(O)OC(C)(C)C)c(=O)n(OC(=O)OC(C)(C)C)c3c2)c1. The normalized spacial score (nSPS) is 12.8. The van der Waals surface area contributed by atoms with E-state index in [1.807, 2.05) is 30.3 Å². The molecule has 35 heavy (non-hydrogen) atoms. The number of methoxy groups -OCH3 is 1. The number of aromatic nitrogens is 1. The first-order valence-electron chi connectivity index (χ1n) is 11.1. The molecule has 0 saturated heterocycles. The summed E-state index contributed by atoms with van der Waals surface area (Å²) in [6.45, 7) is 10.4. The van der Waals surface area contributed by atoms with Crippen molar-refractivity contribution in [1.29, 1.82) is 0 Å².